The number of aryl methyl sites for hydroxylation is 2. The third kappa shape index (κ3) is 2.67. The Morgan fingerprint density at radius 2 is 1.85 bits per heavy atom. The highest BCUT2D eigenvalue weighted by molar-refractivity contribution is 9.10. The Bertz CT molecular complexity index is 743. The maximum Gasteiger partial charge on any atom is 0.155 e. The van der Waals surface area contributed by atoms with Crippen LogP contribution < -0.4 is 5.32 Å². The maximum atomic E-state index is 4.35. The molecular formula is C15H15BrN4. The zero-order valence-electron chi connectivity index (χ0n) is 11.4. The summed E-state index contributed by atoms with van der Waals surface area (Å²) in [4.78, 5) is 8.52. The van der Waals surface area contributed by atoms with Crippen LogP contribution in [0.25, 0.3) is 5.65 Å². The number of hydrogen-bond acceptors (Lipinski definition) is 3. The van der Waals surface area contributed by atoms with E-state index in [2.05, 4.69) is 63.3 Å². The minimum absolute atomic E-state index is 0.723. The first kappa shape index (κ1) is 13.1. The highest BCUT2D eigenvalue weighted by Gasteiger charge is 2.04. The van der Waals surface area contributed by atoms with Crippen molar-refractivity contribution < 1.29 is 0 Å². The summed E-state index contributed by atoms with van der Waals surface area (Å²) in [5.74, 6) is 0. The normalized spacial score (nSPS) is 10.9. The fourth-order valence-electron chi connectivity index (χ4n) is 2.32. The van der Waals surface area contributed by atoms with Gasteiger partial charge in [0.25, 0.3) is 0 Å². The van der Waals surface area contributed by atoms with E-state index in [1.54, 1.807) is 6.20 Å². The standard InChI is InChI=1S/C15H15BrN4/c1-10-3-11(2)5-12(4-10)17-6-13-7-19-15-8-18-14(16)9-20(13)15/h3-5,7-9,17H,6H2,1-2H3. The van der Waals surface area contributed by atoms with Gasteiger partial charge in [0.15, 0.2) is 5.65 Å². The summed E-state index contributed by atoms with van der Waals surface area (Å²) in [6.07, 6.45) is 5.56. The van der Waals surface area contributed by atoms with Crippen LogP contribution in [0.3, 0.4) is 0 Å². The van der Waals surface area contributed by atoms with Crippen LogP contribution in [0.2, 0.25) is 0 Å². The van der Waals surface area contributed by atoms with Crippen LogP contribution in [0.4, 0.5) is 5.69 Å². The first-order valence-corrected chi connectivity index (χ1v) is 7.21. The summed E-state index contributed by atoms with van der Waals surface area (Å²) in [6, 6.07) is 6.46. The van der Waals surface area contributed by atoms with Crippen LogP contribution in [0, 0.1) is 13.8 Å². The van der Waals surface area contributed by atoms with Crippen molar-refractivity contribution in [3.05, 3.63) is 58.2 Å². The average Bonchev–Trinajstić information content (AvgIpc) is 2.77. The average molecular weight is 331 g/mol. The molecule has 3 rings (SSSR count). The van der Waals surface area contributed by atoms with E-state index in [1.165, 1.54) is 11.1 Å². The highest BCUT2D eigenvalue weighted by atomic mass is 79.9. The molecule has 1 aromatic carbocycles. The molecule has 2 heterocycles. The Morgan fingerprint density at radius 3 is 2.60 bits per heavy atom. The lowest BCUT2D eigenvalue weighted by Crippen LogP contribution is -2.03. The molecule has 0 fully saturated rings. The van der Waals surface area contributed by atoms with E-state index in [0.717, 1.165) is 28.2 Å². The van der Waals surface area contributed by atoms with Crippen molar-refractivity contribution in [2.75, 3.05) is 5.32 Å². The Labute approximate surface area is 126 Å². The van der Waals surface area contributed by atoms with Crippen molar-refractivity contribution in [1.82, 2.24) is 14.4 Å². The number of rotatable bonds is 3. The summed E-state index contributed by atoms with van der Waals surface area (Å²) >= 11 is 3.39. The molecule has 3 aromatic rings. The smallest absolute Gasteiger partial charge is 0.155 e. The molecule has 0 aliphatic carbocycles. The van der Waals surface area contributed by atoms with E-state index in [9.17, 15) is 0 Å². The van der Waals surface area contributed by atoms with Crippen LogP contribution >= 0.6 is 15.9 Å². The largest absolute Gasteiger partial charge is 0.379 e. The summed E-state index contributed by atoms with van der Waals surface area (Å²) < 4.78 is 2.84. The number of imidazole rings is 1. The maximum absolute atomic E-state index is 4.35. The lowest BCUT2D eigenvalue weighted by atomic mass is 10.1. The van der Waals surface area contributed by atoms with Crippen molar-refractivity contribution in [2.24, 2.45) is 0 Å². The van der Waals surface area contributed by atoms with Gasteiger partial charge in [0.1, 0.15) is 4.60 Å². The van der Waals surface area contributed by atoms with Gasteiger partial charge in [0.05, 0.1) is 24.6 Å². The van der Waals surface area contributed by atoms with Gasteiger partial charge in [0.2, 0.25) is 0 Å². The van der Waals surface area contributed by atoms with E-state index in [4.69, 9.17) is 0 Å². The molecule has 0 spiro atoms. The number of halogens is 1. The number of hydrogen-bond donors (Lipinski definition) is 1. The first-order valence-electron chi connectivity index (χ1n) is 6.41. The molecule has 0 bridgehead atoms. The van der Waals surface area contributed by atoms with E-state index in [0.29, 0.717) is 0 Å². The molecule has 2 aromatic heterocycles. The summed E-state index contributed by atoms with van der Waals surface area (Å²) in [6.45, 7) is 4.94. The van der Waals surface area contributed by atoms with Crippen LogP contribution in [-0.4, -0.2) is 14.4 Å². The van der Waals surface area contributed by atoms with Crippen molar-refractivity contribution >= 4 is 27.3 Å². The summed E-state index contributed by atoms with van der Waals surface area (Å²) in [5, 5.41) is 3.44. The molecular weight excluding hydrogens is 316 g/mol. The van der Waals surface area contributed by atoms with E-state index in [1.807, 2.05) is 16.8 Å². The lowest BCUT2D eigenvalue weighted by molar-refractivity contribution is 0.982. The molecule has 0 atom stereocenters. The van der Waals surface area contributed by atoms with Gasteiger partial charge < -0.3 is 5.32 Å². The van der Waals surface area contributed by atoms with Crippen molar-refractivity contribution in [3.63, 3.8) is 0 Å². The van der Waals surface area contributed by atoms with Gasteiger partial charge in [-0.1, -0.05) is 6.07 Å². The van der Waals surface area contributed by atoms with Crippen LogP contribution in [0.1, 0.15) is 16.8 Å². The van der Waals surface area contributed by atoms with Crippen LogP contribution in [-0.2, 0) is 6.54 Å². The van der Waals surface area contributed by atoms with Crippen molar-refractivity contribution in [1.29, 1.82) is 0 Å². The molecule has 0 aliphatic heterocycles. The van der Waals surface area contributed by atoms with Crippen molar-refractivity contribution in [3.8, 4) is 0 Å². The summed E-state index contributed by atoms with van der Waals surface area (Å²) in [5.41, 5.74) is 5.61. The van der Waals surface area contributed by atoms with Crippen LogP contribution in [0.5, 0.6) is 0 Å². The Kier molecular flexibility index (Phi) is 3.44. The number of anilines is 1. The second kappa shape index (κ2) is 5.25. The Hall–Kier alpha value is -1.88. The quantitative estimate of drug-likeness (QED) is 0.795. The molecule has 0 unspecified atom stereocenters. The third-order valence-electron chi connectivity index (χ3n) is 3.14. The molecule has 0 aliphatic rings. The lowest BCUT2D eigenvalue weighted by Gasteiger charge is -2.08. The fourth-order valence-corrected chi connectivity index (χ4v) is 2.62. The second-order valence-corrected chi connectivity index (χ2v) is 5.73. The van der Waals surface area contributed by atoms with E-state index in [-0.39, 0.29) is 0 Å². The predicted molar refractivity (Wildman–Crippen MR) is 83.9 cm³/mol. The van der Waals surface area contributed by atoms with Gasteiger partial charge in [-0.05, 0) is 53.0 Å². The monoisotopic (exact) mass is 330 g/mol. The highest BCUT2D eigenvalue weighted by Crippen LogP contribution is 2.16. The van der Waals surface area contributed by atoms with E-state index >= 15 is 0 Å². The molecule has 20 heavy (non-hydrogen) atoms. The topological polar surface area (TPSA) is 42.2 Å². The number of nitrogens with one attached hydrogen (secondary N) is 1. The van der Waals surface area contributed by atoms with Crippen molar-refractivity contribution in [2.45, 2.75) is 20.4 Å². The third-order valence-corrected chi connectivity index (χ3v) is 3.55. The molecule has 0 radical (unpaired) electrons. The predicted octanol–water partition coefficient (Wildman–Crippen LogP) is 3.72. The second-order valence-electron chi connectivity index (χ2n) is 4.92. The van der Waals surface area contributed by atoms with Gasteiger partial charge >= 0.3 is 0 Å². The molecule has 0 saturated carbocycles. The number of aromatic nitrogens is 3. The molecule has 1 N–H and O–H groups in total. The van der Waals surface area contributed by atoms with Gasteiger partial charge in [-0.3, -0.25) is 4.40 Å². The molecule has 102 valence electrons. The SMILES string of the molecule is Cc1cc(C)cc(NCc2cnc3cnc(Br)cn23)c1. The Balaban J connectivity index is 1.84. The van der Waals surface area contributed by atoms with Gasteiger partial charge in [-0.2, -0.15) is 0 Å². The number of fused-ring (bicyclic) bond motifs is 1. The molecule has 5 heteroatoms. The molecule has 4 nitrogen and oxygen atoms in total. The zero-order valence-corrected chi connectivity index (χ0v) is 13.0. The summed E-state index contributed by atoms with van der Waals surface area (Å²) in [7, 11) is 0. The molecule has 0 amide bonds. The number of nitrogens with zero attached hydrogens (tertiary/aromatic N) is 3. The fraction of sp³-hybridized carbons (Fsp3) is 0.200. The van der Waals surface area contributed by atoms with Gasteiger partial charge in [-0.15, -0.1) is 0 Å². The minimum Gasteiger partial charge on any atom is -0.379 e. The minimum atomic E-state index is 0.723. The molecule has 0 saturated heterocycles. The van der Waals surface area contributed by atoms with Crippen LogP contribution in [0.15, 0.2) is 41.4 Å². The van der Waals surface area contributed by atoms with Gasteiger partial charge in [-0.25, -0.2) is 9.97 Å². The zero-order chi connectivity index (χ0) is 14.1. The number of benzene rings is 1. The Morgan fingerprint density at radius 1 is 1.10 bits per heavy atom. The van der Waals surface area contributed by atoms with Gasteiger partial charge in [0, 0.05) is 11.9 Å². The van der Waals surface area contributed by atoms with E-state index < -0.39 is 0 Å². The first-order chi connectivity index (χ1) is 9.61.